The van der Waals surface area contributed by atoms with Gasteiger partial charge >= 0.3 is 0 Å². The van der Waals surface area contributed by atoms with Crippen LogP contribution in [0.25, 0.3) is 0 Å². The van der Waals surface area contributed by atoms with Crippen LogP contribution in [-0.4, -0.2) is 30.5 Å². The second kappa shape index (κ2) is 5.20. The Bertz CT molecular complexity index is 103. The van der Waals surface area contributed by atoms with E-state index in [2.05, 4.69) is 5.32 Å². The molecule has 2 N–H and O–H groups in total. The number of amides is 1. The molecule has 0 radical (unpaired) electrons. The van der Waals surface area contributed by atoms with E-state index in [9.17, 15) is 4.79 Å². The van der Waals surface area contributed by atoms with Crippen LogP contribution in [0, 0.1) is 0 Å². The van der Waals surface area contributed by atoms with Crippen molar-refractivity contribution < 1.29 is 14.6 Å². The van der Waals surface area contributed by atoms with E-state index in [1.54, 1.807) is 0 Å². The lowest BCUT2D eigenvalue weighted by Gasteiger charge is -2.05. The Hall–Kier alpha value is -0.610. The van der Waals surface area contributed by atoms with E-state index in [-0.39, 0.29) is 5.91 Å². The van der Waals surface area contributed by atoms with Crippen molar-refractivity contribution in [3.05, 3.63) is 0 Å². The number of aliphatic hydroxyl groups is 1. The molecule has 60 valence electrons. The van der Waals surface area contributed by atoms with Gasteiger partial charge in [-0.3, -0.25) is 4.79 Å². The quantitative estimate of drug-likeness (QED) is 0.415. The number of aliphatic hydroxyl groups excluding tert-OH is 1. The van der Waals surface area contributed by atoms with Gasteiger partial charge in [0.1, 0.15) is 0 Å². The predicted molar refractivity (Wildman–Crippen MR) is 36.3 cm³/mol. The van der Waals surface area contributed by atoms with Crippen LogP contribution in [0.5, 0.6) is 0 Å². The zero-order valence-corrected chi connectivity index (χ0v) is 6.26. The van der Waals surface area contributed by atoms with Crippen LogP contribution in [0.15, 0.2) is 0 Å². The maximum absolute atomic E-state index is 10.3. The zero-order valence-electron chi connectivity index (χ0n) is 6.26. The molecule has 0 aliphatic carbocycles. The molecule has 0 fully saturated rings. The van der Waals surface area contributed by atoms with E-state index in [0.717, 1.165) is 0 Å². The molecule has 4 nitrogen and oxygen atoms in total. The van der Waals surface area contributed by atoms with E-state index < -0.39 is 6.29 Å². The fourth-order valence-electron chi connectivity index (χ4n) is 0.457. The van der Waals surface area contributed by atoms with E-state index in [0.29, 0.717) is 13.2 Å². The van der Waals surface area contributed by atoms with Gasteiger partial charge in [-0.2, -0.15) is 0 Å². The van der Waals surface area contributed by atoms with Crippen LogP contribution in [0.4, 0.5) is 0 Å². The minimum absolute atomic E-state index is 0.0887. The fraction of sp³-hybridized carbons (Fsp3) is 0.833. The Balaban J connectivity index is 2.98. The van der Waals surface area contributed by atoms with Crippen LogP contribution < -0.4 is 5.32 Å². The highest BCUT2D eigenvalue weighted by Gasteiger charge is 1.93. The summed E-state index contributed by atoms with van der Waals surface area (Å²) in [7, 11) is 0. The van der Waals surface area contributed by atoms with Crippen LogP contribution in [-0.2, 0) is 9.53 Å². The van der Waals surface area contributed by atoms with Gasteiger partial charge in [-0.15, -0.1) is 0 Å². The molecule has 0 aromatic carbocycles. The molecule has 0 aliphatic heterocycles. The van der Waals surface area contributed by atoms with Crippen molar-refractivity contribution in [3.63, 3.8) is 0 Å². The standard InChI is InChI=1S/C6H13NO3/c1-5(8)7-3-4-10-6(2)9/h6,9H,3-4H2,1-2H3,(H,7,8). The summed E-state index contributed by atoms with van der Waals surface area (Å²) in [5.41, 5.74) is 0. The molecule has 0 spiro atoms. The Morgan fingerprint density at radius 3 is 2.80 bits per heavy atom. The van der Waals surface area contributed by atoms with Crippen LogP contribution in [0.2, 0.25) is 0 Å². The second-order valence-corrected chi connectivity index (χ2v) is 1.95. The first-order valence-electron chi connectivity index (χ1n) is 3.17. The number of hydrogen-bond acceptors (Lipinski definition) is 3. The molecule has 0 saturated carbocycles. The summed E-state index contributed by atoms with van der Waals surface area (Å²) < 4.78 is 4.73. The average molecular weight is 147 g/mol. The number of carbonyl (C=O) groups excluding carboxylic acids is 1. The largest absolute Gasteiger partial charge is 0.368 e. The van der Waals surface area contributed by atoms with Crippen LogP contribution in [0.1, 0.15) is 13.8 Å². The first-order chi connectivity index (χ1) is 4.63. The summed E-state index contributed by atoms with van der Waals surface area (Å²) in [5, 5.41) is 11.1. The molecule has 4 heteroatoms. The van der Waals surface area contributed by atoms with Gasteiger partial charge in [0.2, 0.25) is 5.91 Å². The number of nitrogens with one attached hydrogen (secondary N) is 1. The van der Waals surface area contributed by atoms with Crippen molar-refractivity contribution >= 4 is 5.91 Å². The van der Waals surface area contributed by atoms with Gasteiger partial charge < -0.3 is 15.2 Å². The summed E-state index contributed by atoms with van der Waals surface area (Å²) in [4.78, 5) is 10.3. The normalized spacial score (nSPS) is 12.7. The molecular weight excluding hydrogens is 134 g/mol. The molecule has 0 bridgehead atoms. The Kier molecular flexibility index (Phi) is 4.88. The van der Waals surface area contributed by atoms with Gasteiger partial charge in [0.05, 0.1) is 6.61 Å². The third-order valence-electron chi connectivity index (χ3n) is 0.835. The van der Waals surface area contributed by atoms with Crippen LogP contribution in [0.3, 0.4) is 0 Å². The SMILES string of the molecule is CC(=O)NCCOC(C)O. The Labute approximate surface area is 60.2 Å². The molecular formula is C6H13NO3. The molecule has 0 heterocycles. The molecule has 0 saturated heterocycles. The van der Waals surface area contributed by atoms with Gasteiger partial charge in [0.15, 0.2) is 6.29 Å². The minimum Gasteiger partial charge on any atom is -0.368 e. The van der Waals surface area contributed by atoms with Gasteiger partial charge in [-0.25, -0.2) is 0 Å². The lowest BCUT2D eigenvalue weighted by Crippen LogP contribution is -2.25. The fourth-order valence-corrected chi connectivity index (χ4v) is 0.457. The maximum Gasteiger partial charge on any atom is 0.216 e. The Morgan fingerprint density at radius 1 is 1.80 bits per heavy atom. The van der Waals surface area contributed by atoms with E-state index in [1.165, 1.54) is 13.8 Å². The lowest BCUT2D eigenvalue weighted by atomic mass is 10.6. The Morgan fingerprint density at radius 2 is 2.40 bits per heavy atom. The molecule has 0 aliphatic rings. The monoisotopic (exact) mass is 147 g/mol. The number of hydrogen-bond donors (Lipinski definition) is 2. The first-order valence-corrected chi connectivity index (χ1v) is 3.17. The zero-order chi connectivity index (χ0) is 7.98. The predicted octanol–water partition coefficient (Wildman–Crippen LogP) is -0.523. The number of rotatable bonds is 4. The summed E-state index contributed by atoms with van der Waals surface area (Å²) in [6, 6.07) is 0. The third-order valence-corrected chi connectivity index (χ3v) is 0.835. The molecule has 0 aromatic heterocycles. The first kappa shape index (κ1) is 9.39. The second-order valence-electron chi connectivity index (χ2n) is 1.95. The smallest absolute Gasteiger partial charge is 0.216 e. The maximum atomic E-state index is 10.3. The third kappa shape index (κ3) is 7.39. The van der Waals surface area contributed by atoms with Crippen LogP contribution >= 0.6 is 0 Å². The molecule has 0 rings (SSSR count). The summed E-state index contributed by atoms with van der Waals surface area (Å²) in [6.45, 7) is 3.74. The average Bonchev–Trinajstić information content (AvgIpc) is 1.79. The van der Waals surface area contributed by atoms with Crippen molar-refractivity contribution in [3.8, 4) is 0 Å². The van der Waals surface area contributed by atoms with Gasteiger partial charge in [-0.05, 0) is 6.92 Å². The topological polar surface area (TPSA) is 58.6 Å². The van der Waals surface area contributed by atoms with Crippen molar-refractivity contribution in [2.24, 2.45) is 0 Å². The van der Waals surface area contributed by atoms with E-state index >= 15 is 0 Å². The summed E-state index contributed by atoms with van der Waals surface area (Å²) in [6.07, 6.45) is -0.756. The van der Waals surface area contributed by atoms with Gasteiger partial charge in [0.25, 0.3) is 0 Å². The van der Waals surface area contributed by atoms with Crippen molar-refractivity contribution in [1.29, 1.82) is 0 Å². The molecule has 1 atom stereocenters. The molecule has 0 aromatic rings. The van der Waals surface area contributed by atoms with E-state index in [1.807, 2.05) is 0 Å². The lowest BCUT2D eigenvalue weighted by molar-refractivity contribution is -0.120. The number of ether oxygens (including phenoxy) is 1. The van der Waals surface area contributed by atoms with Gasteiger partial charge in [0, 0.05) is 13.5 Å². The van der Waals surface area contributed by atoms with Crippen molar-refractivity contribution in [1.82, 2.24) is 5.32 Å². The molecule has 1 amide bonds. The summed E-state index contributed by atoms with van der Waals surface area (Å²) in [5.74, 6) is -0.0887. The van der Waals surface area contributed by atoms with E-state index in [4.69, 9.17) is 9.84 Å². The minimum atomic E-state index is -0.756. The highest BCUT2D eigenvalue weighted by Crippen LogP contribution is 1.80. The molecule has 1 unspecified atom stereocenters. The molecule has 10 heavy (non-hydrogen) atoms. The van der Waals surface area contributed by atoms with Crippen molar-refractivity contribution in [2.45, 2.75) is 20.1 Å². The number of carbonyl (C=O) groups is 1. The van der Waals surface area contributed by atoms with Crippen molar-refractivity contribution in [2.75, 3.05) is 13.2 Å². The highest BCUT2D eigenvalue weighted by molar-refractivity contribution is 5.72. The van der Waals surface area contributed by atoms with Gasteiger partial charge in [-0.1, -0.05) is 0 Å². The highest BCUT2D eigenvalue weighted by atomic mass is 16.6. The summed E-state index contributed by atoms with van der Waals surface area (Å²) >= 11 is 0.